The number of hydrogen-bond acceptors (Lipinski definition) is 4. The first kappa shape index (κ1) is 15.8. The Bertz CT molecular complexity index is 478. The molecule has 2 rings (SSSR count). The molecule has 0 bridgehead atoms. The van der Waals surface area contributed by atoms with Crippen LogP contribution in [0.2, 0.25) is 0 Å². The Kier molecular flexibility index (Phi) is 5.59. The van der Waals surface area contributed by atoms with Crippen LogP contribution in [-0.2, 0) is 4.79 Å². The van der Waals surface area contributed by atoms with Crippen molar-refractivity contribution in [1.29, 1.82) is 0 Å². The monoisotopic (exact) mass is 292 g/mol. The highest BCUT2D eigenvalue weighted by Crippen LogP contribution is 2.16. The molecule has 0 aromatic heterocycles. The van der Waals surface area contributed by atoms with Crippen LogP contribution in [0.25, 0.3) is 0 Å². The third-order valence-corrected chi connectivity index (χ3v) is 3.77. The van der Waals surface area contributed by atoms with E-state index in [1.807, 2.05) is 31.2 Å². The molecule has 21 heavy (non-hydrogen) atoms. The lowest BCUT2D eigenvalue weighted by Gasteiger charge is -2.21. The van der Waals surface area contributed by atoms with Crippen LogP contribution in [0.4, 0.5) is 0 Å². The molecule has 1 aliphatic rings. The number of aliphatic hydroxyl groups excluding tert-OH is 1. The maximum Gasteiger partial charge on any atom is 0.239 e. The van der Waals surface area contributed by atoms with E-state index in [-0.39, 0.29) is 11.9 Å². The molecule has 0 aliphatic carbocycles. The van der Waals surface area contributed by atoms with Crippen LogP contribution in [0, 0.1) is 6.92 Å². The van der Waals surface area contributed by atoms with Crippen molar-refractivity contribution in [3.8, 4) is 5.75 Å². The number of benzene rings is 1. The molecule has 116 valence electrons. The largest absolute Gasteiger partial charge is 0.493 e. The Morgan fingerprint density at radius 1 is 1.48 bits per heavy atom. The van der Waals surface area contributed by atoms with E-state index in [0.29, 0.717) is 26.1 Å². The number of carbonyl (C=O) groups is 1. The number of β-amino-alcohol motifs (C(OH)–C–C–N with tert-alkyl or cyclic N) is 1. The van der Waals surface area contributed by atoms with E-state index in [0.717, 1.165) is 17.7 Å². The topological polar surface area (TPSA) is 61.8 Å². The number of aliphatic hydroxyl groups is 1. The molecule has 1 heterocycles. The van der Waals surface area contributed by atoms with E-state index in [9.17, 15) is 9.90 Å². The van der Waals surface area contributed by atoms with Gasteiger partial charge in [0.05, 0.1) is 18.8 Å². The number of amides is 1. The van der Waals surface area contributed by atoms with Crippen molar-refractivity contribution in [3.05, 3.63) is 29.8 Å². The fourth-order valence-electron chi connectivity index (χ4n) is 2.48. The summed E-state index contributed by atoms with van der Waals surface area (Å²) in [5, 5.41) is 12.5. The molecule has 1 aliphatic heterocycles. The molecule has 1 aromatic rings. The average molecular weight is 292 g/mol. The molecule has 5 heteroatoms. The van der Waals surface area contributed by atoms with Crippen LogP contribution in [0.3, 0.4) is 0 Å². The van der Waals surface area contributed by atoms with E-state index in [1.54, 1.807) is 11.9 Å². The molecule has 2 N–H and O–H groups in total. The van der Waals surface area contributed by atoms with Gasteiger partial charge in [0.15, 0.2) is 0 Å². The lowest BCUT2D eigenvalue weighted by Crippen LogP contribution is -2.42. The van der Waals surface area contributed by atoms with Crippen LogP contribution in [0.5, 0.6) is 5.75 Å². The Labute approximate surface area is 125 Å². The van der Waals surface area contributed by atoms with E-state index in [4.69, 9.17) is 4.74 Å². The Hall–Kier alpha value is -1.59. The number of nitrogens with zero attached hydrogens (tertiary/aromatic N) is 1. The van der Waals surface area contributed by atoms with Gasteiger partial charge in [-0.3, -0.25) is 4.79 Å². The van der Waals surface area contributed by atoms with Gasteiger partial charge in [0.1, 0.15) is 5.75 Å². The Morgan fingerprint density at radius 2 is 2.24 bits per heavy atom. The van der Waals surface area contributed by atoms with Gasteiger partial charge in [0.25, 0.3) is 0 Å². The maximum absolute atomic E-state index is 12.1. The highest BCUT2D eigenvalue weighted by molar-refractivity contribution is 5.82. The van der Waals surface area contributed by atoms with Crippen molar-refractivity contribution in [2.24, 2.45) is 0 Å². The third-order valence-electron chi connectivity index (χ3n) is 3.77. The molecular formula is C16H24N2O3. The molecule has 0 radical (unpaired) electrons. The normalized spacial score (nSPS) is 21.3. The van der Waals surface area contributed by atoms with E-state index < -0.39 is 6.10 Å². The maximum atomic E-state index is 12.1. The zero-order chi connectivity index (χ0) is 15.2. The van der Waals surface area contributed by atoms with Crippen LogP contribution < -0.4 is 10.1 Å². The number of carbonyl (C=O) groups excluding carboxylic acids is 1. The number of hydrogen-bond donors (Lipinski definition) is 2. The van der Waals surface area contributed by atoms with Gasteiger partial charge in [-0.1, -0.05) is 18.2 Å². The quantitative estimate of drug-likeness (QED) is 0.766. The predicted molar refractivity (Wildman–Crippen MR) is 81.3 cm³/mol. The number of likely N-dealkylation sites (N-methyl/N-ethyl adjacent to an activating group) is 1. The summed E-state index contributed by atoms with van der Waals surface area (Å²) < 4.78 is 5.72. The smallest absolute Gasteiger partial charge is 0.239 e. The number of para-hydroxylation sites is 1. The standard InChI is InChI=1S/C16H24N2O3/c1-12-6-3-4-7-15(12)21-9-5-8-18(2)16(20)14-10-13(19)11-17-14/h3-4,6-7,13-14,17,19H,5,8-11H2,1-2H3. The molecule has 2 atom stereocenters. The van der Waals surface area contributed by atoms with E-state index in [1.165, 1.54) is 0 Å². The third kappa shape index (κ3) is 4.44. The second-order valence-corrected chi connectivity index (χ2v) is 5.58. The number of aryl methyl sites for hydroxylation is 1. The molecule has 0 spiro atoms. The first-order valence-electron chi connectivity index (χ1n) is 7.43. The molecular weight excluding hydrogens is 268 g/mol. The Morgan fingerprint density at radius 3 is 2.90 bits per heavy atom. The second-order valence-electron chi connectivity index (χ2n) is 5.58. The van der Waals surface area contributed by atoms with Crippen molar-refractivity contribution >= 4 is 5.91 Å². The molecule has 1 fully saturated rings. The van der Waals surface area contributed by atoms with Crippen LogP contribution in [-0.4, -0.2) is 54.8 Å². The summed E-state index contributed by atoms with van der Waals surface area (Å²) >= 11 is 0. The predicted octanol–water partition coefficient (Wildman–Crippen LogP) is 0.945. The van der Waals surface area contributed by atoms with Gasteiger partial charge in [0.2, 0.25) is 5.91 Å². The van der Waals surface area contributed by atoms with Crippen LogP contribution in [0.15, 0.2) is 24.3 Å². The summed E-state index contributed by atoms with van der Waals surface area (Å²) in [5.41, 5.74) is 1.12. The van der Waals surface area contributed by atoms with Crippen LogP contribution >= 0.6 is 0 Å². The van der Waals surface area contributed by atoms with Gasteiger partial charge in [-0.25, -0.2) is 0 Å². The highest BCUT2D eigenvalue weighted by Gasteiger charge is 2.29. The summed E-state index contributed by atoms with van der Waals surface area (Å²) in [5.74, 6) is 0.939. The second kappa shape index (κ2) is 7.43. The van der Waals surface area contributed by atoms with Crippen molar-refractivity contribution < 1.29 is 14.6 Å². The SMILES string of the molecule is Cc1ccccc1OCCCN(C)C(=O)C1CC(O)CN1. The summed E-state index contributed by atoms with van der Waals surface area (Å²) in [6.07, 6.45) is 0.881. The average Bonchev–Trinajstić information content (AvgIpc) is 2.91. The molecule has 1 saturated heterocycles. The van der Waals surface area contributed by atoms with Gasteiger partial charge < -0.3 is 20.1 Å². The lowest BCUT2D eigenvalue weighted by molar-refractivity contribution is -0.132. The molecule has 0 saturated carbocycles. The van der Waals surface area contributed by atoms with Gasteiger partial charge in [-0.05, 0) is 31.4 Å². The fraction of sp³-hybridized carbons (Fsp3) is 0.562. The highest BCUT2D eigenvalue weighted by atomic mass is 16.5. The number of nitrogens with one attached hydrogen (secondary N) is 1. The first-order chi connectivity index (χ1) is 10.1. The summed E-state index contributed by atoms with van der Waals surface area (Å²) in [6, 6.07) is 7.66. The fourth-order valence-corrected chi connectivity index (χ4v) is 2.48. The zero-order valence-corrected chi connectivity index (χ0v) is 12.7. The van der Waals surface area contributed by atoms with Crippen molar-refractivity contribution in [1.82, 2.24) is 10.2 Å². The molecule has 2 unspecified atom stereocenters. The van der Waals surface area contributed by atoms with Gasteiger partial charge in [-0.2, -0.15) is 0 Å². The lowest BCUT2D eigenvalue weighted by atomic mass is 10.2. The number of rotatable bonds is 6. The molecule has 1 amide bonds. The van der Waals surface area contributed by atoms with Gasteiger partial charge in [0, 0.05) is 20.1 Å². The minimum absolute atomic E-state index is 0.0439. The minimum atomic E-state index is -0.406. The summed E-state index contributed by atoms with van der Waals surface area (Å²) in [4.78, 5) is 13.8. The van der Waals surface area contributed by atoms with E-state index in [2.05, 4.69) is 5.32 Å². The Balaban J connectivity index is 1.68. The first-order valence-corrected chi connectivity index (χ1v) is 7.43. The summed E-state index contributed by atoms with van der Waals surface area (Å²) in [7, 11) is 1.79. The van der Waals surface area contributed by atoms with Gasteiger partial charge in [-0.15, -0.1) is 0 Å². The summed E-state index contributed by atoms with van der Waals surface area (Å²) in [6.45, 7) is 3.75. The van der Waals surface area contributed by atoms with Crippen molar-refractivity contribution in [2.45, 2.75) is 31.9 Å². The van der Waals surface area contributed by atoms with Gasteiger partial charge >= 0.3 is 0 Å². The minimum Gasteiger partial charge on any atom is -0.493 e. The molecule has 1 aromatic carbocycles. The molecule has 5 nitrogen and oxygen atoms in total. The van der Waals surface area contributed by atoms with Crippen molar-refractivity contribution in [2.75, 3.05) is 26.7 Å². The van der Waals surface area contributed by atoms with E-state index >= 15 is 0 Å². The zero-order valence-electron chi connectivity index (χ0n) is 12.7. The van der Waals surface area contributed by atoms with Crippen LogP contribution in [0.1, 0.15) is 18.4 Å². The number of ether oxygens (including phenoxy) is 1. The van der Waals surface area contributed by atoms with Crippen molar-refractivity contribution in [3.63, 3.8) is 0 Å².